The van der Waals surface area contributed by atoms with Crippen LogP contribution in [-0.4, -0.2) is 55.0 Å². The topological polar surface area (TPSA) is 50.6 Å². The van der Waals surface area contributed by atoms with Crippen LogP contribution in [0.3, 0.4) is 0 Å². The molecule has 1 unspecified atom stereocenters. The molecule has 0 bridgehead atoms. The fourth-order valence-electron chi connectivity index (χ4n) is 4.01. The van der Waals surface area contributed by atoms with Gasteiger partial charge in [-0.05, 0) is 29.8 Å². The third-order valence-electron chi connectivity index (χ3n) is 5.39. The average Bonchev–Trinajstić information content (AvgIpc) is 2.82. The molecule has 132 valence electrons. The molecule has 1 saturated heterocycles. The molecule has 0 N–H and O–H groups in total. The molecule has 0 radical (unpaired) electrons. The lowest BCUT2D eigenvalue weighted by Gasteiger charge is -2.41. The minimum absolute atomic E-state index is 0.0196. The summed E-state index contributed by atoms with van der Waals surface area (Å²) in [5.74, 6) is 0.0196. The lowest BCUT2D eigenvalue weighted by molar-refractivity contribution is 0.0485. The fourth-order valence-corrected chi connectivity index (χ4v) is 4.01. The number of likely N-dealkylation sites (N-methyl/N-ethyl adjacent to an activating group) is 1. The van der Waals surface area contributed by atoms with Crippen LogP contribution >= 0.6 is 0 Å². The number of fused-ring (bicyclic) bond motifs is 2. The van der Waals surface area contributed by atoms with Gasteiger partial charge in [0.1, 0.15) is 0 Å². The zero-order valence-electron chi connectivity index (χ0n) is 14.9. The number of rotatable bonds is 1. The Balaban J connectivity index is 1.53. The van der Waals surface area contributed by atoms with Gasteiger partial charge in [-0.2, -0.15) is 5.26 Å². The zero-order valence-corrected chi connectivity index (χ0v) is 14.9. The number of anilines is 1. The molecule has 2 aromatic rings. The number of nitrogens with zero attached hydrogens (tertiary/aromatic N) is 4. The monoisotopic (exact) mass is 346 g/mol. The lowest BCUT2D eigenvalue weighted by atomic mass is 10.1. The van der Waals surface area contributed by atoms with E-state index in [2.05, 4.69) is 47.2 Å². The van der Waals surface area contributed by atoms with E-state index in [4.69, 9.17) is 5.26 Å². The summed E-state index contributed by atoms with van der Waals surface area (Å²) in [5, 5.41) is 9.07. The Hall–Kier alpha value is -2.84. The number of hydrogen-bond donors (Lipinski definition) is 0. The van der Waals surface area contributed by atoms with Gasteiger partial charge in [-0.3, -0.25) is 9.69 Å². The highest BCUT2D eigenvalue weighted by Gasteiger charge is 2.33. The summed E-state index contributed by atoms with van der Waals surface area (Å²) in [6, 6.07) is 17.9. The van der Waals surface area contributed by atoms with E-state index >= 15 is 0 Å². The highest BCUT2D eigenvalue weighted by atomic mass is 16.2. The van der Waals surface area contributed by atoms with Crippen LogP contribution in [0.4, 0.5) is 5.69 Å². The molecular formula is C21H22N4O. The predicted octanol–water partition coefficient (Wildman–Crippen LogP) is 2.33. The Labute approximate surface area is 154 Å². The van der Waals surface area contributed by atoms with Gasteiger partial charge >= 0.3 is 0 Å². The standard InChI is InChI=1S/C21H22N4O/c1-23-14-19-15-25(21(26)17-7-4-5-16(11-17)12-22)10-9-24(19)13-18-6-2-3-8-20(18)23/h2-8,11,19H,9-10,13-15H2,1H3. The van der Waals surface area contributed by atoms with Crippen molar-refractivity contribution in [3.8, 4) is 6.07 Å². The molecule has 4 rings (SSSR count). The van der Waals surface area contributed by atoms with Crippen molar-refractivity contribution < 1.29 is 4.79 Å². The second-order valence-corrected chi connectivity index (χ2v) is 7.08. The van der Waals surface area contributed by atoms with Crippen molar-refractivity contribution in [1.82, 2.24) is 9.80 Å². The highest BCUT2D eigenvalue weighted by molar-refractivity contribution is 5.94. The molecule has 0 aliphatic carbocycles. The third kappa shape index (κ3) is 3.04. The molecule has 0 saturated carbocycles. The molecule has 2 aliphatic rings. The van der Waals surface area contributed by atoms with E-state index in [0.29, 0.717) is 23.7 Å². The number of benzene rings is 2. The van der Waals surface area contributed by atoms with Crippen molar-refractivity contribution in [3.63, 3.8) is 0 Å². The number of nitriles is 1. The quantitative estimate of drug-likeness (QED) is 0.795. The van der Waals surface area contributed by atoms with E-state index in [0.717, 1.165) is 26.2 Å². The Kier molecular flexibility index (Phi) is 4.36. The molecule has 5 heteroatoms. The van der Waals surface area contributed by atoms with Gasteiger partial charge in [-0.1, -0.05) is 24.3 Å². The first-order valence-electron chi connectivity index (χ1n) is 8.98. The summed E-state index contributed by atoms with van der Waals surface area (Å²) < 4.78 is 0. The molecule has 1 amide bonds. The van der Waals surface area contributed by atoms with Crippen LogP contribution in [0.1, 0.15) is 21.5 Å². The van der Waals surface area contributed by atoms with E-state index in [1.54, 1.807) is 24.3 Å². The Bertz CT molecular complexity index is 872. The number of amides is 1. The van der Waals surface area contributed by atoms with Crippen LogP contribution in [0.5, 0.6) is 0 Å². The minimum atomic E-state index is 0.0196. The van der Waals surface area contributed by atoms with Gasteiger partial charge in [0.15, 0.2) is 0 Å². The van der Waals surface area contributed by atoms with E-state index in [1.165, 1.54) is 11.3 Å². The van der Waals surface area contributed by atoms with Crippen LogP contribution in [0.2, 0.25) is 0 Å². The molecule has 1 atom stereocenters. The molecule has 0 spiro atoms. The molecule has 2 aromatic carbocycles. The molecular weight excluding hydrogens is 324 g/mol. The second kappa shape index (κ2) is 6.81. The normalized spacial score (nSPS) is 19.9. The van der Waals surface area contributed by atoms with Gasteiger partial charge in [0.2, 0.25) is 0 Å². The molecule has 0 aromatic heterocycles. The number of carbonyl (C=O) groups is 1. The summed E-state index contributed by atoms with van der Waals surface area (Å²) >= 11 is 0. The molecule has 2 aliphatic heterocycles. The number of carbonyl (C=O) groups excluding carboxylic acids is 1. The maximum atomic E-state index is 12.9. The van der Waals surface area contributed by atoms with Crippen LogP contribution in [0.15, 0.2) is 48.5 Å². The van der Waals surface area contributed by atoms with Crippen molar-refractivity contribution in [2.24, 2.45) is 0 Å². The predicted molar refractivity (Wildman–Crippen MR) is 101 cm³/mol. The second-order valence-electron chi connectivity index (χ2n) is 7.08. The van der Waals surface area contributed by atoms with Crippen molar-refractivity contribution in [3.05, 3.63) is 65.2 Å². The van der Waals surface area contributed by atoms with Crippen molar-refractivity contribution in [2.45, 2.75) is 12.6 Å². The molecule has 2 heterocycles. The van der Waals surface area contributed by atoms with Gasteiger partial charge < -0.3 is 9.80 Å². The van der Waals surface area contributed by atoms with Gasteiger partial charge in [-0.25, -0.2) is 0 Å². The smallest absolute Gasteiger partial charge is 0.253 e. The van der Waals surface area contributed by atoms with E-state index in [-0.39, 0.29) is 5.91 Å². The van der Waals surface area contributed by atoms with Gasteiger partial charge in [0, 0.05) is 57.1 Å². The molecule has 1 fully saturated rings. The van der Waals surface area contributed by atoms with Crippen LogP contribution in [0.25, 0.3) is 0 Å². The summed E-state index contributed by atoms with van der Waals surface area (Å²) in [5.41, 5.74) is 3.75. The van der Waals surface area contributed by atoms with Crippen LogP contribution in [-0.2, 0) is 6.54 Å². The van der Waals surface area contributed by atoms with Gasteiger partial charge in [0.05, 0.1) is 11.6 Å². The molecule has 26 heavy (non-hydrogen) atoms. The fraction of sp³-hybridized carbons (Fsp3) is 0.333. The molecule has 5 nitrogen and oxygen atoms in total. The maximum absolute atomic E-state index is 12.9. The summed E-state index contributed by atoms with van der Waals surface area (Å²) in [6.07, 6.45) is 0. The Morgan fingerprint density at radius 2 is 1.96 bits per heavy atom. The van der Waals surface area contributed by atoms with E-state index in [9.17, 15) is 4.79 Å². The average molecular weight is 346 g/mol. The summed E-state index contributed by atoms with van der Waals surface area (Å²) in [6.45, 7) is 4.14. The summed E-state index contributed by atoms with van der Waals surface area (Å²) in [4.78, 5) is 19.6. The highest BCUT2D eigenvalue weighted by Crippen LogP contribution is 2.28. The first kappa shape index (κ1) is 16.6. The van der Waals surface area contributed by atoms with Crippen molar-refractivity contribution in [2.75, 3.05) is 38.1 Å². The zero-order chi connectivity index (χ0) is 18.1. The number of hydrogen-bond acceptors (Lipinski definition) is 4. The van der Waals surface area contributed by atoms with E-state index in [1.807, 2.05) is 4.90 Å². The van der Waals surface area contributed by atoms with Crippen LogP contribution in [0, 0.1) is 11.3 Å². The minimum Gasteiger partial charge on any atom is -0.373 e. The van der Waals surface area contributed by atoms with Gasteiger partial charge in [-0.15, -0.1) is 0 Å². The lowest BCUT2D eigenvalue weighted by Crippen LogP contribution is -2.56. The third-order valence-corrected chi connectivity index (χ3v) is 5.39. The van der Waals surface area contributed by atoms with E-state index < -0.39 is 0 Å². The summed E-state index contributed by atoms with van der Waals surface area (Å²) in [7, 11) is 2.12. The first-order valence-corrected chi connectivity index (χ1v) is 8.98. The SMILES string of the molecule is CN1CC2CN(C(=O)c3cccc(C#N)c3)CCN2Cc2ccccc21. The van der Waals surface area contributed by atoms with Crippen LogP contribution < -0.4 is 4.90 Å². The first-order chi connectivity index (χ1) is 12.7. The Morgan fingerprint density at radius 3 is 2.81 bits per heavy atom. The van der Waals surface area contributed by atoms with Gasteiger partial charge in [0.25, 0.3) is 5.91 Å². The van der Waals surface area contributed by atoms with Crippen molar-refractivity contribution in [1.29, 1.82) is 5.26 Å². The van der Waals surface area contributed by atoms with Crippen molar-refractivity contribution >= 4 is 11.6 Å². The number of piperazine rings is 1. The Morgan fingerprint density at radius 1 is 1.12 bits per heavy atom. The largest absolute Gasteiger partial charge is 0.373 e. The number of para-hydroxylation sites is 1. The maximum Gasteiger partial charge on any atom is 0.253 e.